The highest BCUT2D eigenvalue weighted by Gasteiger charge is 2.22. The van der Waals surface area contributed by atoms with Crippen LogP contribution < -0.4 is 0 Å². The van der Waals surface area contributed by atoms with Gasteiger partial charge in [-0.25, -0.2) is 14.1 Å². The van der Waals surface area contributed by atoms with Gasteiger partial charge in [-0.2, -0.15) is 5.10 Å². The van der Waals surface area contributed by atoms with E-state index in [-0.39, 0.29) is 17.1 Å². The van der Waals surface area contributed by atoms with Crippen molar-refractivity contribution in [2.24, 2.45) is 0 Å². The van der Waals surface area contributed by atoms with Gasteiger partial charge in [-0.15, -0.1) is 11.3 Å². The fraction of sp³-hybridized carbons (Fsp3) is 0.188. The standard InChI is InChI=1S/C16H15FN4O2S/c1-10-18-11(9-24-10)7-20(2)16(23)15-14(22)8-21(19-15)13-6-4-3-5-12(13)17/h3-6,8-9,22H,7H2,1-2H3. The number of thiazole rings is 1. The first kappa shape index (κ1) is 16.1. The molecule has 3 rings (SSSR count). The number of halogens is 1. The summed E-state index contributed by atoms with van der Waals surface area (Å²) in [7, 11) is 1.60. The van der Waals surface area contributed by atoms with Crippen molar-refractivity contribution in [1.82, 2.24) is 19.7 Å². The molecule has 3 aromatic rings. The van der Waals surface area contributed by atoms with E-state index >= 15 is 0 Å². The van der Waals surface area contributed by atoms with Crippen molar-refractivity contribution in [1.29, 1.82) is 0 Å². The van der Waals surface area contributed by atoms with Gasteiger partial charge in [0.15, 0.2) is 11.4 Å². The van der Waals surface area contributed by atoms with Crippen molar-refractivity contribution >= 4 is 17.2 Å². The van der Waals surface area contributed by atoms with Crippen LogP contribution in [-0.4, -0.2) is 37.7 Å². The third-order valence-corrected chi connectivity index (χ3v) is 4.23. The fourth-order valence-corrected chi connectivity index (χ4v) is 2.86. The summed E-state index contributed by atoms with van der Waals surface area (Å²) < 4.78 is 15.0. The van der Waals surface area contributed by atoms with E-state index in [1.807, 2.05) is 12.3 Å². The van der Waals surface area contributed by atoms with Crippen LogP contribution in [-0.2, 0) is 6.54 Å². The van der Waals surface area contributed by atoms with Crippen LogP contribution in [0.15, 0.2) is 35.8 Å². The second kappa shape index (κ2) is 6.40. The van der Waals surface area contributed by atoms with Gasteiger partial charge in [-0.05, 0) is 19.1 Å². The molecule has 0 saturated heterocycles. The molecule has 6 nitrogen and oxygen atoms in total. The molecule has 8 heteroatoms. The maximum Gasteiger partial charge on any atom is 0.278 e. The maximum absolute atomic E-state index is 13.8. The molecule has 0 aliphatic carbocycles. The van der Waals surface area contributed by atoms with E-state index < -0.39 is 11.7 Å². The van der Waals surface area contributed by atoms with E-state index in [1.165, 1.54) is 34.6 Å². The first-order valence-corrected chi connectivity index (χ1v) is 8.03. The Labute approximate surface area is 141 Å². The Balaban J connectivity index is 1.84. The number of para-hydroxylation sites is 1. The monoisotopic (exact) mass is 346 g/mol. The summed E-state index contributed by atoms with van der Waals surface area (Å²) in [5, 5.41) is 16.8. The quantitative estimate of drug-likeness (QED) is 0.788. The minimum atomic E-state index is -0.495. The van der Waals surface area contributed by atoms with Gasteiger partial charge in [0.05, 0.1) is 23.4 Å². The van der Waals surface area contributed by atoms with Crippen molar-refractivity contribution in [3.63, 3.8) is 0 Å². The number of aromatic hydroxyl groups is 1. The summed E-state index contributed by atoms with van der Waals surface area (Å²) in [6.45, 7) is 2.19. The number of hydrogen-bond donors (Lipinski definition) is 1. The average molecular weight is 346 g/mol. The molecule has 24 heavy (non-hydrogen) atoms. The molecule has 0 aliphatic heterocycles. The molecule has 1 aromatic carbocycles. The molecule has 0 radical (unpaired) electrons. The number of nitrogens with zero attached hydrogens (tertiary/aromatic N) is 4. The molecule has 0 fully saturated rings. The lowest BCUT2D eigenvalue weighted by atomic mass is 10.3. The van der Waals surface area contributed by atoms with Crippen molar-refractivity contribution in [2.45, 2.75) is 13.5 Å². The largest absolute Gasteiger partial charge is 0.504 e. The third kappa shape index (κ3) is 3.13. The highest BCUT2D eigenvalue weighted by Crippen LogP contribution is 2.21. The molecule has 0 spiro atoms. The summed E-state index contributed by atoms with van der Waals surface area (Å²) in [4.78, 5) is 18.2. The predicted molar refractivity (Wildman–Crippen MR) is 87.8 cm³/mol. The molecular formula is C16H15FN4O2S. The van der Waals surface area contributed by atoms with E-state index in [0.717, 1.165) is 15.4 Å². The number of rotatable bonds is 4. The van der Waals surface area contributed by atoms with Crippen molar-refractivity contribution in [3.8, 4) is 11.4 Å². The fourth-order valence-electron chi connectivity index (χ4n) is 2.25. The van der Waals surface area contributed by atoms with Gasteiger partial charge < -0.3 is 10.0 Å². The maximum atomic E-state index is 13.8. The van der Waals surface area contributed by atoms with Gasteiger partial charge in [-0.3, -0.25) is 4.79 Å². The minimum Gasteiger partial charge on any atom is -0.504 e. The van der Waals surface area contributed by atoms with E-state index in [4.69, 9.17) is 0 Å². The number of benzene rings is 1. The van der Waals surface area contributed by atoms with Gasteiger partial charge in [0, 0.05) is 12.4 Å². The summed E-state index contributed by atoms with van der Waals surface area (Å²) in [5.74, 6) is -1.26. The topological polar surface area (TPSA) is 71.2 Å². The second-order valence-corrected chi connectivity index (χ2v) is 6.34. The van der Waals surface area contributed by atoms with Crippen LogP contribution in [0.5, 0.6) is 5.75 Å². The molecule has 0 saturated carbocycles. The van der Waals surface area contributed by atoms with E-state index in [2.05, 4.69) is 10.1 Å². The summed E-state index contributed by atoms with van der Waals surface area (Å²) in [6.07, 6.45) is 1.21. The van der Waals surface area contributed by atoms with Crippen LogP contribution in [0.1, 0.15) is 21.2 Å². The number of aryl methyl sites for hydroxylation is 1. The molecule has 0 bridgehead atoms. The number of carbonyl (C=O) groups is 1. The zero-order valence-corrected chi connectivity index (χ0v) is 13.9. The Bertz CT molecular complexity index is 890. The van der Waals surface area contributed by atoms with Crippen molar-refractivity contribution in [3.05, 3.63) is 58.1 Å². The highest BCUT2D eigenvalue weighted by molar-refractivity contribution is 7.09. The number of hydrogen-bond acceptors (Lipinski definition) is 5. The molecule has 1 N–H and O–H groups in total. The normalized spacial score (nSPS) is 10.8. The summed E-state index contributed by atoms with van der Waals surface area (Å²) >= 11 is 1.50. The molecule has 2 heterocycles. The number of carbonyl (C=O) groups excluding carboxylic acids is 1. The molecule has 0 unspecified atom stereocenters. The third-order valence-electron chi connectivity index (χ3n) is 3.41. The Morgan fingerprint density at radius 3 is 2.83 bits per heavy atom. The first-order chi connectivity index (χ1) is 11.5. The Hall–Kier alpha value is -2.74. The summed E-state index contributed by atoms with van der Waals surface area (Å²) in [6, 6.07) is 6.00. The van der Waals surface area contributed by atoms with Crippen LogP contribution in [0.2, 0.25) is 0 Å². The lowest BCUT2D eigenvalue weighted by Crippen LogP contribution is -2.27. The number of amides is 1. The highest BCUT2D eigenvalue weighted by atomic mass is 32.1. The Morgan fingerprint density at radius 1 is 1.42 bits per heavy atom. The molecule has 0 atom stereocenters. The number of aromatic nitrogens is 3. The van der Waals surface area contributed by atoms with Crippen LogP contribution >= 0.6 is 11.3 Å². The molecule has 1 amide bonds. The molecule has 2 aromatic heterocycles. The van der Waals surface area contributed by atoms with E-state index in [1.54, 1.807) is 19.2 Å². The Kier molecular flexibility index (Phi) is 4.30. The zero-order chi connectivity index (χ0) is 17.3. The lowest BCUT2D eigenvalue weighted by Gasteiger charge is -2.14. The van der Waals surface area contributed by atoms with Crippen molar-refractivity contribution in [2.75, 3.05) is 7.05 Å². The SMILES string of the molecule is Cc1nc(CN(C)C(=O)c2nn(-c3ccccc3F)cc2O)cs1. The Morgan fingerprint density at radius 2 is 2.17 bits per heavy atom. The minimum absolute atomic E-state index is 0.132. The van der Waals surface area contributed by atoms with Gasteiger partial charge in [-0.1, -0.05) is 12.1 Å². The first-order valence-electron chi connectivity index (χ1n) is 7.15. The van der Waals surface area contributed by atoms with E-state index in [0.29, 0.717) is 6.54 Å². The van der Waals surface area contributed by atoms with Gasteiger partial charge in [0.1, 0.15) is 11.5 Å². The van der Waals surface area contributed by atoms with Crippen LogP contribution in [0, 0.1) is 12.7 Å². The predicted octanol–water partition coefficient (Wildman–Crippen LogP) is 2.75. The lowest BCUT2D eigenvalue weighted by molar-refractivity contribution is 0.0774. The second-order valence-electron chi connectivity index (χ2n) is 5.28. The zero-order valence-electron chi connectivity index (χ0n) is 13.1. The van der Waals surface area contributed by atoms with Gasteiger partial charge in [0.25, 0.3) is 5.91 Å². The van der Waals surface area contributed by atoms with Crippen LogP contribution in [0.25, 0.3) is 5.69 Å². The van der Waals surface area contributed by atoms with Gasteiger partial charge in [0.2, 0.25) is 0 Å². The molecule has 124 valence electrons. The summed E-state index contributed by atoms with van der Waals surface area (Å²) in [5.41, 5.74) is 0.790. The molecular weight excluding hydrogens is 331 g/mol. The van der Waals surface area contributed by atoms with Crippen molar-refractivity contribution < 1.29 is 14.3 Å². The van der Waals surface area contributed by atoms with Crippen LogP contribution in [0.3, 0.4) is 0 Å². The molecule has 0 aliphatic rings. The average Bonchev–Trinajstić information content (AvgIpc) is 3.13. The van der Waals surface area contributed by atoms with Crippen LogP contribution in [0.4, 0.5) is 4.39 Å². The smallest absolute Gasteiger partial charge is 0.278 e. The van der Waals surface area contributed by atoms with Gasteiger partial charge >= 0.3 is 0 Å². The van der Waals surface area contributed by atoms with E-state index in [9.17, 15) is 14.3 Å².